The predicted octanol–water partition coefficient (Wildman–Crippen LogP) is 4.49. The molecule has 0 bridgehead atoms. The first-order valence-corrected chi connectivity index (χ1v) is 13.4. The fraction of sp³-hybridized carbons (Fsp3) is 0.345. The molecule has 1 atom stereocenters. The number of piperazine rings is 1. The molecule has 8 nitrogen and oxygen atoms in total. The van der Waals surface area contributed by atoms with Gasteiger partial charge in [-0.05, 0) is 56.3 Å². The van der Waals surface area contributed by atoms with Gasteiger partial charge in [-0.15, -0.1) is 0 Å². The van der Waals surface area contributed by atoms with Crippen LogP contribution in [0.2, 0.25) is 0 Å². The van der Waals surface area contributed by atoms with E-state index in [0.717, 1.165) is 44.7 Å². The summed E-state index contributed by atoms with van der Waals surface area (Å²) in [6.07, 6.45) is 4.65. The van der Waals surface area contributed by atoms with Gasteiger partial charge in [-0.2, -0.15) is 5.10 Å². The number of benzene rings is 2. The number of carbonyl (C=O) groups excluding carboxylic acids is 1. The van der Waals surface area contributed by atoms with Gasteiger partial charge in [-0.1, -0.05) is 6.07 Å². The molecule has 1 N–H and O–H groups in total. The van der Waals surface area contributed by atoms with E-state index in [9.17, 15) is 18.0 Å². The molecule has 0 saturated carbocycles. The van der Waals surface area contributed by atoms with Crippen LogP contribution in [0.4, 0.5) is 24.7 Å². The van der Waals surface area contributed by atoms with Crippen molar-refractivity contribution in [2.45, 2.75) is 25.4 Å². The van der Waals surface area contributed by atoms with Gasteiger partial charge in [0.05, 0.1) is 12.2 Å². The lowest BCUT2D eigenvalue weighted by Gasteiger charge is -2.32. The van der Waals surface area contributed by atoms with Crippen LogP contribution in [-0.4, -0.2) is 70.1 Å². The number of likely N-dealkylation sites (N-methyl/N-ethyl adjacent to an activating group) is 1. The summed E-state index contributed by atoms with van der Waals surface area (Å²) < 4.78 is 44.9. The molecule has 4 aromatic rings. The Bertz CT molecular complexity index is 1550. The Morgan fingerprint density at radius 2 is 1.82 bits per heavy atom. The topological polar surface area (TPSA) is 69.0 Å². The minimum atomic E-state index is -0.490. The molecule has 2 aromatic carbocycles. The summed E-state index contributed by atoms with van der Waals surface area (Å²) in [5.41, 5.74) is 1.79. The number of rotatable bonds is 6. The van der Waals surface area contributed by atoms with Crippen LogP contribution >= 0.6 is 0 Å². The molecule has 2 aliphatic heterocycles. The van der Waals surface area contributed by atoms with Crippen molar-refractivity contribution >= 4 is 23.1 Å². The molecule has 0 radical (unpaired) electrons. The van der Waals surface area contributed by atoms with E-state index in [1.165, 1.54) is 22.8 Å². The third-order valence-electron chi connectivity index (χ3n) is 7.77. The zero-order chi connectivity index (χ0) is 27.8. The van der Waals surface area contributed by atoms with E-state index in [1.807, 2.05) is 4.90 Å². The second-order valence-corrected chi connectivity index (χ2v) is 10.5. The number of carbonyl (C=O) groups is 1. The fourth-order valence-corrected chi connectivity index (χ4v) is 5.50. The summed E-state index contributed by atoms with van der Waals surface area (Å²) in [6.45, 7) is 4.75. The van der Waals surface area contributed by atoms with Gasteiger partial charge in [0.25, 0.3) is 5.91 Å². The summed E-state index contributed by atoms with van der Waals surface area (Å²) in [5, 5.41) is 7.06. The molecule has 1 unspecified atom stereocenters. The minimum Gasteiger partial charge on any atom is -0.349 e. The third-order valence-corrected chi connectivity index (χ3v) is 7.77. The van der Waals surface area contributed by atoms with E-state index in [0.29, 0.717) is 47.8 Å². The molecule has 2 fully saturated rings. The molecule has 208 valence electrons. The molecule has 6 rings (SSSR count). The number of aromatic nitrogens is 3. The fourth-order valence-electron chi connectivity index (χ4n) is 5.50. The number of anilines is 2. The molecule has 0 aliphatic carbocycles. The molecule has 1 amide bonds. The second kappa shape index (κ2) is 10.9. The Balaban J connectivity index is 1.20. The Kier molecular flexibility index (Phi) is 7.16. The standard InChI is InChI=1S/C29H30F3N7O/c1-36-11-13-37(14-12-36)18-20-5-4-19(15-24(20)32)29(40)34-25-17-33-39-10-8-27(35-28(25)39)38-9-2-3-26(38)22-16-21(30)6-7-23(22)31/h4-8,10,15-17,26H,2-3,9,11-14,18H2,1H3,(H,34,40). The van der Waals surface area contributed by atoms with E-state index in [1.54, 1.807) is 24.4 Å². The van der Waals surface area contributed by atoms with Gasteiger partial charge in [0.2, 0.25) is 0 Å². The SMILES string of the molecule is CN1CCN(Cc2ccc(C(=O)Nc3cnn4ccc(N5CCCC5c5cc(F)ccc5F)nc34)cc2F)CC1. The van der Waals surface area contributed by atoms with Crippen molar-refractivity contribution in [1.82, 2.24) is 24.4 Å². The lowest BCUT2D eigenvalue weighted by atomic mass is 10.0. The Labute approximate surface area is 230 Å². The molecular weight excluding hydrogens is 519 g/mol. The van der Waals surface area contributed by atoms with E-state index in [-0.39, 0.29) is 11.6 Å². The smallest absolute Gasteiger partial charge is 0.255 e. The van der Waals surface area contributed by atoms with E-state index in [2.05, 4.69) is 27.3 Å². The molecule has 2 aromatic heterocycles. The van der Waals surface area contributed by atoms with Crippen molar-refractivity contribution in [1.29, 1.82) is 0 Å². The first-order chi connectivity index (χ1) is 19.4. The predicted molar refractivity (Wildman–Crippen MR) is 146 cm³/mol. The maximum Gasteiger partial charge on any atom is 0.255 e. The zero-order valence-electron chi connectivity index (χ0n) is 22.2. The maximum atomic E-state index is 14.9. The van der Waals surface area contributed by atoms with Gasteiger partial charge < -0.3 is 15.1 Å². The highest BCUT2D eigenvalue weighted by molar-refractivity contribution is 6.06. The number of halogens is 3. The number of amides is 1. The van der Waals surface area contributed by atoms with Crippen LogP contribution in [0.3, 0.4) is 0 Å². The van der Waals surface area contributed by atoms with Crippen LogP contribution in [0, 0.1) is 17.5 Å². The molecule has 11 heteroatoms. The van der Waals surface area contributed by atoms with E-state index in [4.69, 9.17) is 4.98 Å². The number of hydrogen-bond acceptors (Lipinski definition) is 6. The summed E-state index contributed by atoms with van der Waals surface area (Å²) >= 11 is 0. The first kappa shape index (κ1) is 26.3. The van der Waals surface area contributed by atoms with Crippen LogP contribution in [0.1, 0.15) is 40.4 Å². The summed E-state index contributed by atoms with van der Waals surface area (Å²) in [6, 6.07) is 9.42. The number of fused-ring (bicyclic) bond motifs is 1. The average molecular weight is 550 g/mol. The Hall–Kier alpha value is -3.96. The maximum absolute atomic E-state index is 14.9. The number of nitrogens with zero attached hydrogens (tertiary/aromatic N) is 6. The highest BCUT2D eigenvalue weighted by atomic mass is 19.1. The van der Waals surface area contributed by atoms with Crippen molar-refractivity contribution in [3.8, 4) is 0 Å². The molecule has 40 heavy (non-hydrogen) atoms. The zero-order valence-corrected chi connectivity index (χ0v) is 22.2. The Morgan fingerprint density at radius 3 is 2.62 bits per heavy atom. The lowest BCUT2D eigenvalue weighted by molar-refractivity contribution is 0.102. The van der Waals surface area contributed by atoms with Crippen LogP contribution < -0.4 is 10.2 Å². The van der Waals surface area contributed by atoms with Gasteiger partial charge in [0.1, 0.15) is 29.0 Å². The van der Waals surface area contributed by atoms with Crippen molar-refractivity contribution in [3.63, 3.8) is 0 Å². The van der Waals surface area contributed by atoms with Gasteiger partial charge in [-0.3, -0.25) is 9.69 Å². The van der Waals surface area contributed by atoms with Gasteiger partial charge in [0, 0.05) is 62.2 Å². The first-order valence-electron chi connectivity index (χ1n) is 13.4. The van der Waals surface area contributed by atoms with Gasteiger partial charge in [-0.25, -0.2) is 22.7 Å². The molecule has 2 aliphatic rings. The van der Waals surface area contributed by atoms with E-state index >= 15 is 0 Å². The highest BCUT2D eigenvalue weighted by Crippen LogP contribution is 2.37. The number of hydrogen-bond donors (Lipinski definition) is 1. The van der Waals surface area contributed by atoms with Crippen molar-refractivity contribution in [3.05, 3.63) is 89.0 Å². The quantitative estimate of drug-likeness (QED) is 0.383. The molecule has 2 saturated heterocycles. The largest absolute Gasteiger partial charge is 0.349 e. The van der Waals surface area contributed by atoms with Crippen molar-refractivity contribution < 1.29 is 18.0 Å². The molecular formula is C29H30F3N7O. The highest BCUT2D eigenvalue weighted by Gasteiger charge is 2.30. The third kappa shape index (κ3) is 5.26. The average Bonchev–Trinajstić information content (AvgIpc) is 3.59. The Morgan fingerprint density at radius 1 is 1.00 bits per heavy atom. The summed E-state index contributed by atoms with van der Waals surface area (Å²) in [4.78, 5) is 24.1. The van der Waals surface area contributed by atoms with Crippen molar-refractivity contribution in [2.75, 3.05) is 50.0 Å². The van der Waals surface area contributed by atoms with Crippen LogP contribution in [0.25, 0.3) is 5.65 Å². The minimum absolute atomic E-state index is 0.191. The lowest BCUT2D eigenvalue weighted by Crippen LogP contribution is -2.44. The molecule has 0 spiro atoms. The van der Waals surface area contributed by atoms with Crippen LogP contribution in [0.5, 0.6) is 0 Å². The van der Waals surface area contributed by atoms with Gasteiger partial charge in [0.15, 0.2) is 5.65 Å². The number of nitrogens with one attached hydrogen (secondary N) is 1. The van der Waals surface area contributed by atoms with E-state index < -0.39 is 23.4 Å². The monoisotopic (exact) mass is 549 g/mol. The van der Waals surface area contributed by atoms with Crippen molar-refractivity contribution in [2.24, 2.45) is 0 Å². The second-order valence-electron chi connectivity index (χ2n) is 10.5. The van der Waals surface area contributed by atoms with Crippen LogP contribution in [-0.2, 0) is 6.54 Å². The normalized spacial score (nSPS) is 18.5. The summed E-state index contributed by atoms with van der Waals surface area (Å²) in [7, 11) is 2.07. The molecule has 4 heterocycles. The van der Waals surface area contributed by atoms with Gasteiger partial charge >= 0.3 is 0 Å². The summed E-state index contributed by atoms with van der Waals surface area (Å²) in [5.74, 6) is -1.28. The van der Waals surface area contributed by atoms with Crippen LogP contribution in [0.15, 0.2) is 54.9 Å².